The van der Waals surface area contributed by atoms with Crippen LogP contribution in [0.5, 0.6) is 0 Å². The molecule has 1 aromatic heterocycles. The number of hydrogen-bond donors (Lipinski definition) is 1. The Labute approximate surface area is 167 Å². The van der Waals surface area contributed by atoms with Crippen LogP contribution < -0.4 is 5.32 Å². The Morgan fingerprint density at radius 3 is 2.61 bits per heavy atom. The summed E-state index contributed by atoms with van der Waals surface area (Å²) in [6, 6.07) is 11.4. The van der Waals surface area contributed by atoms with Crippen LogP contribution in [-0.4, -0.2) is 26.8 Å². The van der Waals surface area contributed by atoms with Gasteiger partial charge in [-0.2, -0.15) is 0 Å². The molecule has 1 aliphatic carbocycles. The predicted octanol–water partition coefficient (Wildman–Crippen LogP) is 3.82. The summed E-state index contributed by atoms with van der Waals surface area (Å²) < 4.78 is 28.0. The molecule has 0 saturated heterocycles. The molecule has 1 saturated carbocycles. The minimum Gasteiger partial charge on any atom is -0.308 e. The number of carbonyl (C=O) groups excluding carboxylic acids is 1. The molecule has 1 fully saturated rings. The van der Waals surface area contributed by atoms with E-state index in [9.17, 15) is 13.6 Å². The summed E-state index contributed by atoms with van der Waals surface area (Å²) in [5.74, 6) is -1.42. The summed E-state index contributed by atoms with van der Waals surface area (Å²) in [7, 11) is 0. The average Bonchev–Trinajstić information content (AvgIpc) is 3.29. The largest absolute Gasteiger partial charge is 0.308 e. The molecular formula is C20H19ClF2N4O. The number of nitrogens with one attached hydrogen (secondary N) is 1. The highest BCUT2D eigenvalue weighted by molar-refractivity contribution is 5.94. The lowest BCUT2D eigenvalue weighted by Gasteiger charge is -2.03. The molecule has 0 spiro atoms. The number of rotatable bonds is 6. The van der Waals surface area contributed by atoms with Gasteiger partial charge in [-0.25, -0.2) is 13.5 Å². The van der Waals surface area contributed by atoms with Crippen LogP contribution in [0.2, 0.25) is 0 Å². The van der Waals surface area contributed by atoms with E-state index >= 15 is 0 Å². The lowest BCUT2D eigenvalue weighted by Crippen LogP contribution is -2.17. The van der Waals surface area contributed by atoms with Gasteiger partial charge in [0.25, 0.3) is 0 Å². The molecule has 146 valence electrons. The Bertz CT molecular complexity index is 990. The molecular weight excluding hydrogens is 386 g/mol. The van der Waals surface area contributed by atoms with Gasteiger partial charge in [0.1, 0.15) is 0 Å². The third kappa shape index (κ3) is 4.26. The van der Waals surface area contributed by atoms with Gasteiger partial charge in [0, 0.05) is 24.1 Å². The maximum Gasteiger partial charge on any atom is 0.159 e. The van der Waals surface area contributed by atoms with E-state index in [1.54, 1.807) is 22.9 Å². The molecule has 0 radical (unpaired) electrons. The van der Waals surface area contributed by atoms with Gasteiger partial charge in [-0.3, -0.25) is 4.79 Å². The molecule has 2 aromatic carbocycles. The van der Waals surface area contributed by atoms with Crippen molar-refractivity contribution in [1.82, 2.24) is 20.3 Å². The Kier molecular flexibility index (Phi) is 5.86. The van der Waals surface area contributed by atoms with Crippen LogP contribution in [0.15, 0.2) is 48.7 Å². The third-order valence-electron chi connectivity index (χ3n) is 4.79. The molecule has 1 heterocycles. The van der Waals surface area contributed by atoms with E-state index in [1.165, 1.54) is 19.1 Å². The molecule has 0 bridgehead atoms. The summed E-state index contributed by atoms with van der Waals surface area (Å²) in [5.41, 5.74) is 3.06. The van der Waals surface area contributed by atoms with Crippen LogP contribution in [-0.2, 0) is 6.54 Å². The first-order valence-electron chi connectivity index (χ1n) is 8.72. The SMILES string of the molecule is CC(=O)c1ccc(-n2cc(CN[C@@H]3C[C@H]3c3ccc(F)c(F)c3)nn2)cc1.Cl. The summed E-state index contributed by atoms with van der Waals surface area (Å²) in [6.45, 7) is 2.07. The summed E-state index contributed by atoms with van der Waals surface area (Å²) >= 11 is 0. The Morgan fingerprint density at radius 2 is 1.93 bits per heavy atom. The van der Waals surface area contributed by atoms with Gasteiger partial charge < -0.3 is 5.32 Å². The van der Waals surface area contributed by atoms with Crippen LogP contribution in [0.25, 0.3) is 5.69 Å². The van der Waals surface area contributed by atoms with Crippen LogP contribution in [0.3, 0.4) is 0 Å². The summed E-state index contributed by atoms with van der Waals surface area (Å²) in [6.07, 6.45) is 2.70. The smallest absolute Gasteiger partial charge is 0.159 e. The molecule has 4 rings (SSSR count). The third-order valence-corrected chi connectivity index (χ3v) is 4.79. The van der Waals surface area contributed by atoms with Crippen molar-refractivity contribution >= 4 is 18.2 Å². The quantitative estimate of drug-likeness (QED) is 0.634. The highest BCUT2D eigenvalue weighted by Crippen LogP contribution is 2.41. The van der Waals surface area contributed by atoms with Crippen LogP contribution in [0, 0.1) is 11.6 Å². The van der Waals surface area contributed by atoms with Crippen LogP contribution >= 0.6 is 12.4 Å². The maximum absolute atomic E-state index is 13.3. The van der Waals surface area contributed by atoms with E-state index in [2.05, 4.69) is 15.6 Å². The lowest BCUT2D eigenvalue weighted by atomic mass is 10.1. The molecule has 0 aliphatic heterocycles. The number of Topliss-reactive ketones (excluding diaryl/α,β-unsaturated/α-hetero) is 1. The zero-order chi connectivity index (χ0) is 19.0. The standard InChI is InChI=1S/C20H18F2N4O.ClH/c1-12(27)13-2-5-16(6-3-13)26-11-15(24-25-26)10-23-20-9-17(20)14-4-7-18(21)19(22)8-14;/h2-8,11,17,20,23H,9-10H2,1H3;1H/t17-,20+;/m0./s1. The van der Waals surface area contributed by atoms with E-state index < -0.39 is 11.6 Å². The van der Waals surface area contributed by atoms with E-state index in [-0.39, 0.29) is 30.2 Å². The zero-order valence-electron chi connectivity index (χ0n) is 15.1. The summed E-state index contributed by atoms with van der Waals surface area (Å²) in [5, 5.41) is 11.6. The number of halogens is 3. The van der Waals surface area contributed by atoms with Crippen molar-refractivity contribution in [2.75, 3.05) is 0 Å². The molecule has 28 heavy (non-hydrogen) atoms. The Morgan fingerprint density at radius 1 is 1.18 bits per heavy atom. The first-order valence-corrected chi connectivity index (χ1v) is 8.72. The molecule has 2 atom stereocenters. The second kappa shape index (κ2) is 8.16. The second-order valence-electron chi connectivity index (χ2n) is 6.76. The molecule has 0 unspecified atom stereocenters. The topological polar surface area (TPSA) is 59.8 Å². The van der Waals surface area contributed by atoms with Crippen molar-refractivity contribution in [3.05, 3.63) is 77.1 Å². The fraction of sp³-hybridized carbons (Fsp3) is 0.250. The lowest BCUT2D eigenvalue weighted by molar-refractivity contribution is 0.101. The van der Waals surface area contributed by atoms with Crippen molar-refractivity contribution < 1.29 is 13.6 Å². The van der Waals surface area contributed by atoms with Crippen molar-refractivity contribution in [2.45, 2.75) is 31.8 Å². The minimum atomic E-state index is -0.822. The van der Waals surface area contributed by atoms with Crippen molar-refractivity contribution in [3.63, 3.8) is 0 Å². The first kappa shape index (κ1) is 20.1. The number of aromatic nitrogens is 3. The van der Waals surface area contributed by atoms with Crippen LogP contribution in [0.4, 0.5) is 8.78 Å². The predicted molar refractivity (Wildman–Crippen MR) is 103 cm³/mol. The van der Waals surface area contributed by atoms with Gasteiger partial charge in [0.05, 0.1) is 17.6 Å². The van der Waals surface area contributed by atoms with Crippen molar-refractivity contribution in [3.8, 4) is 5.69 Å². The second-order valence-corrected chi connectivity index (χ2v) is 6.76. The van der Waals surface area contributed by atoms with Gasteiger partial charge in [0.15, 0.2) is 17.4 Å². The normalized spacial score (nSPS) is 17.8. The number of nitrogens with zero attached hydrogens (tertiary/aromatic N) is 3. The Balaban J connectivity index is 0.00000225. The molecule has 3 aromatic rings. The highest BCUT2D eigenvalue weighted by Gasteiger charge is 2.38. The van der Waals surface area contributed by atoms with Crippen LogP contribution in [0.1, 0.15) is 40.9 Å². The van der Waals surface area contributed by atoms with E-state index in [1.807, 2.05) is 18.3 Å². The number of carbonyl (C=O) groups is 1. The molecule has 1 N–H and O–H groups in total. The molecule has 0 amide bonds. The van der Waals surface area contributed by atoms with Crippen molar-refractivity contribution in [1.29, 1.82) is 0 Å². The molecule has 5 nitrogen and oxygen atoms in total. The van der Waals surface area contributed by atoms with Gasteiger partial charge >= 0.3 is 0 Å². The van der Waals surface area contributed by atoms with Gasteiger partial charge in [-0.15, -0.1) is 17.5 Å². The molecule has 8 heteroatoms. The number of benzene rings is 2. The molecule has 1 aliphatic rings. The summed E-state index contributed by atoms with van der Waals surface area (Å²) in [4.78, 5) is 11.3. The Hall–Kier alpha value is -2.64. The number of ketones is 1. The van der Waals surface area contributed by atoms with E-state index in [0.29, 0.717) is 12.1 Å². The van der Waals surface area contributed by atoms with E-state index in [4.69, 9.17) is 0 Å². The van der Waals surface area contributed by atoms with Gasteiger partial charge in [-0.1, -0.05) is 11.3 Å². The number of hydrogen-bond acceptors (Lipinski definition) is 4. The zero-order valence-corrected chi connectivity index (χ0v) is 15.9. The van der Waals surface area contributed by atoms with E-state index in [0.717, 1.165) is 23.4 Å². The van der Waals surface area contributed by atoms with Gasteiger partial charge in [0.2, 0.25) is 0 Å². The fourth-order valence-corrected chi connectivity index (χ4v) is 3.12. The fourth-order valence-electron chi connectivity index (χ4n) is 3.12. The van der Waals surface area contributed by atoms with Gasteiger partial charge in [-0.05, 0) is 55.3 Å². The average molecular weight is 405 g/mol. The first-order chi connectivity index (χ1) is 13.0. The highest BCUT2D eigenvalue weighted by atomic mass is 35.5. The minimum absolute atomic E-state index is 0. The van der Waals surface area contributed by atoms with Crippen molar-refractivity contribution in [2.24, 2.45) is 0 Å². The maximum atomic E-state index is 13.3. The monoisotopic (exact) mass is 404 g/mol.